The molecule has 1 aromatic rings. The van der Waals surface area contributed by atoms with Crippen LogP contribution < -0.4 is 0 Å². The quantitative estimate of drug-likeness (QED) is 0.884. The number of carbonyl (C=O) groups is 1. The van der Waals surface area contributed by atoms with E-state index in [1.807, 2.05) is 7.05 Å². The molecule has 3 heteroatoms. The van der Waals surface area contributed by atoms with Crippen LogP contribution >= 0.6 is 0 Å². The Labute approximate surface area is 115 Å². The minimum Gasteiger partial charge on any atom is -0.395 e. The van der Waals surface area contributed by atoms with Gasteiger partial charge in [0.25, 0.3) is 0 Å². The van der Waals surface area contributed by atoms with Gasteiger partial charge in [0.05, 0.1) is 12.0 Å². The molecule has 19 heavy (non-hydrogen) atoms. The zero-order chi connectivity index (χ0) is 13.9. The molecule has 1 amide bonds. The topological polar surface area (TPSA) is 40.5 Å². The molecule has 104 valence electrons. The van der Waals surface area contributed by atoms with Gasteiger partial charge in [-0.3, -0.25) is 4.79 Å². The number of benzene rings is 1. The number of aryl methyl sites for hydroxylation is 1. The molecule has 1 saturated carbocycles. The molecule has 1 aliphatic rings. The van der Waals surface area contributed by atoms with Crippen LogP contribution in [-0.4, -0.2) is 29.6 Å². The number of hydrogen-bond acceptors (Lipinski definition) is 2. The van der Waals surface area contributed by atoms with Crippen molar-refractivity contribution >= 4 is 5.91 Å². The van der Waals surface area contributed by atoms with Crippen LogP contribution in [0.4, 0.5) is 0 Å². The predicted molar refractivity (Wildman–Crippen MR) is 75.7 cm³/mol. The fourth-order valence-corrected chi connectivity index (χ4v) is 2.67. The zero-order valence-electron chi connectivity index (χ0n) is 11.9. The fraction of sp³-hybridized carbons (Fsp3) is 0.562. The summed E-state index contributed by atoms with van der Waals surface area (Å²) >= 11 is 0. The molecule has 0 heterocycles. The van der Waals surface area contributed by atoms with Gasteiger partial charge in [-0.2, -0.15) is 0 Å². The molecule has 0 unspecified atom stereocenters. The van der Waals surface area contributed by atoms with Crippen LogP contribution in [0.25, 0.3) is 0 Å². The summed E-state index contributed by atoms with van der Waals surface area (Å²) in [6, 6.07) is 8.38. The maximum atomic E-state index is 12.4. The van der Waals surface area contributed by atoms with Crippen LogP contribution in [0.5, 0.6) is 0 Å². The molecule has 1 N–H and O–H groups in total. The second-order valence-corrected chi connectivity index (χ2v) is 5.62. The van der Waals surface area contributed by atoms with E-state index in [1.54, 1.807) is 4.90 Å². The molecule has 0 aliphatic heterocycles. The second kappa shape index (κ2) is 5.74. The van der Waals surface area contributed by atoms with Gasteiger partial charge in [0, 0.05) is 13.6 Å². The second-order valence-electron chi connectivity index (χ2n) is 5.62. The lowest BCUT2D eigenvalue weighted by atomic mass is 9.68. The summed E-state index contributed by atoms with van der Waals surface area (Å²) in [7, 11) is 1.83. The number of rotatable bonds is 5. The first-order valence-electron chi connectivity index (χ1n) is 7.05. The molecule has 3 nitrogen and oxygen atoms in total. The SMILES string of the molecule is CCc1ccc(CN(C)C(=O)C2(CO)CCC2)cc1. The number of carbonyl (C=O) groups excluding carboxylic acids is 1. The number of aliphatic hydroxyl groups is 1. The molecular weight excluding hydrogens is 238 g/mol. The average molecular weight is 261 g/mol. The first-order valence-corrected chi connectivity index (χ1v) is 7.05. The third kappa shape index (κ3) is 2.81. The fourth-order valence-electron chi connectivity index (χ4n) is 2.67. The Hall–Kier alpha value is -1.35. The monoisotopic (exact) mass is 261 g/mol. The van der Waals surface area contributed by atoms with Gasteiger partial charge in [0.2, 0.25) is 5.91 Å². The molecule has 0 atom stereocenters. The van der Waals surface area contributed by atoms with E-state index in [0.717, 1.165) is 31.2 Å². The van der Waals surface area contributed by atoms with Crippen LogP contribution in [0.1, 0.15) is 37.3 Å². The third-order valence-corrected chi connectivity index (χ3v) is 4.26. The Balaban J connectivity index is 1.99. The maximum absolute atomic E-state index is 12.4. The molecule has 1 aliphatic carbocycles. The van der Waals surface area contributed by atoms with Crippen LogP contribution in [-0.2, 0) is 17.8 Å². The Bertz CT molecular complexity index is 429. The lowest BCUT2D eigenvalue weighted by Crippen LogP contribution is -2.48. The van der Waals surface area contributed by atoms with Gasteiger partial charge in [0.1, 0.15) is 0 Å². The van der Waals surface area contributed by atoms with Gasteiger partial charge in [-0.25, -0.2) is 0 Å². The van der Waals surface area contributed by atoms with Gasteiger partial charge in [-0.1, -0.05) is 37.6 Å². The van der Waals surface area contributed by atoms with Crippen LogP contribution in [0.15, 0.2) is 24.3 Å². The summed E-state index contributed by atoms with van der Waals surface area (Å²) < 4.78 is 0. The molecule has 1 fully saturated rings. The lowest BCUT2D eigenvalue weighted by molar-refractivity contribution is -0.150. The van der Waals surface area contributed by atoms with Crippen molar-refractivity contribution in [3.63, 3.8) is 0 Å². The predicted octanol–water partition coefficient (Wildman–Crippen LogP) is 2.37. The minimum absolute atomic E-state index is 0.0229. The van der Waals surface area contributed by atoms with Gasteiger partial charge in [-0.15, -0.1) is 0 Å². The smallest absolute Gasteiger partial charge is 0.231 e. The summed E-state index contributed by atoms with van der Waals surface area (Å²) in [5.41, 5.74) is 1.96. The van der Waals surface area contributed by atoms with E-state index in [2.05, 4.69) is 31.2 Å². The highest BCUT2D eigenvalue weighted by atomic mass is 16.3. The number of nitrogens with zero attached hydrogens (tertiary/aromatic N) is 1. The third-order valence-electron chi connectivity index (χ3n) is 4.26. The Kier molecular flexibility index (Phi) is 4.25. The van der Waals surface area contributed by atoms with Crippen molar-refractivity contribution in [2.24, 2.45) is 5.41 Å². The summed E-state index contributed by atoms with van der Waals surface area (Å²) in [5.74, 6) is 0.0841. The molecular formula is C16H23NO2. The molecule has 0 bridgehead atoms. The highest BCUT2D eigenvalue weighted by molar-refractivity contribution is 5.83. The van der Waals surface area contributed by atoms with Crippen molar-refractivity contribution in [3.8, 4) is 0 Å². The number of amides is 1. The summed E-state index contributed by atoms with van der Waals surface area (Å²) in [4.78, 5) is 14.1. The van der Waals surface area contributed by atoms with E-state index in [0.29, 0.717) is 6.54 Å². The first-order chi connectivity index (χ1) is 9.11. The Morgan fingerprint density at radius 2 is 1.84 bits per heavy atom. The largest absolute Gasteiger partial charge is 0.395 e. The van der Waals surface area contributed by atoms with Crippen molar-refractivity contribution < 1.29 is 9.90 Å². The van der Waals surface area contributed by atoms with Gasteiger partial charge in [0.15, 0.2) is 0 Å². The van der Waals surface area contributed by atoms with Crippen LogP contribution in [0, 0.1) is 5.41 Å². The van der Waals surface area contributed by atoms with E-state index in [-0.39, 0.29) is 12.5 Å². The van der Waals surface area contributed by atoms with Crippen molar-refractivity contribution in [2.75, 3.05) is 13.7 Å². The molecule has 2 rings (SSSR count). The Morgan fingerprint density at radius 3 is 2.26 bits per heavy atom. The average Bonchev–Trinajstić information content (AvgIpc) is 2.39. The normalized spacial score (nSPS) is 16.8. The molecule has 0 spiro atoms. The highest BCUT2D eigenvalue weighted by Gasteiger charge is 2.44. The molecule has 0 radical (unpaired) electrons. The van der Waals surface area contributed by atoms with Crippen molar-refractivity contribution in [3.05, 3.63) is 35.4 Å². The summed E-state index contributed by atoms with van der Waals surface area (Å²) in [6.45, 7) is 2.72. The molecule has 0 saturated heterocycles. The summed E-state index contributed by atoms with van der Waals surface area (Å²) in [6.07, 6.45) is 3.72. The standard InChI is InChI=1S/C16H23NO2/c1-3-13-5-7-14(8-6-13)11-17(2)15(19)16(12-18)9-4-10-16/h5-8,18H,3-4,9-12H2,1-2H3. The summed E-state index contributed by atoms with van der Waals surface area (Å²) in [5, 5.41) is 9.44. The highest BCUT2D eigenvalue weighted by Crippen LogP contribution is 2.41. The lowest BCUT2D eigenvalue weighted by Gasteiger charge is -2.41. The number of hydrogen-bond donors (Lipinski definition) is 1. The van der Waals surface area contributed by atoms with Gasteiger partial charge >= 0.3 is 0 Å². The Morgan fingerprint density at radius 1 is 1.26 bits per heavy atom. The van der Waals surface area contributed by atoms with E-state index in [4.69, 9.17) is 0 Å². The van der Waals surface area contributed by atoms with E-state index in [1.165, 1.54) is 5.56 Å². The molecule has 1 aromatic carbocycles. The minimum atomic E-state index is -0.488. The van der Waals surface area contributed by atoms with Gasteiger partial charge in [-0.05, 0) is 30.4 Å². The van der Waals surface area contributed by atoms with Crippen molar-refractivity contribution in [2.45, 2.75) is 39.2 Å². The van der Waals surface area contributed by atoms with Crippen LogP contribution in [0.3, 0.4) is 0 Å². The van der Waals surface area contributed by atoms with Crippen molar-refractivity contribution in [1.29, 1.82) is 0 Å². The van der Waals surface area contributed by atoms with E-state index >= 15 is 0 Å². The molecule has 0 aromatic heterocycles. The number of aliphatic hydroxyl groups excluding tert-OH is 1. The van der Waals surface area contributed by atoms with Gasteiger partial charge < -0.3 is 10.0 Å². The maximum Gasteiger partial charge on any atom is 0.231 e. The first kappa shape index (κ1) is 14.1. The van der Waals surface area contributed by atoms with Crippen molar-refractivity contribution in [1.82, 2.24) is 4.90 Å². The van der Waals surface area contributed by atoms with Crippen LogP contribution in [0.2, 0.25) is 0 Å². The zero-order valence-corrected chi connectivity index (χ0v) is 11.9. The van der Waals surface area contributed by atoms with E-state index < -0.39 is 5.41 Å². The van der Waals surface area contributed by atoms with E-state index in [9.17, 15) is 9.90 Å².